The van der Waals surface area contributed by atoms with E-state index in [0.717, 1.165) is 19.6 Å². The van der Waals surface area contributed by atoms with E-state index in [1.165, 1.54) is 24.8 Å². The molecule has 4 heteroatoms. The fraction of sp³-hybridized carbons (Fsp3) is 0.421. The van der Waals surface area contributed by atoms with E-state index in [2.05, 4.69) is 11.1 Å². The number of benzene rings is 1. The number of hydrogen-bond donors (Lipinski definition) is 0. The minimum Gasteiger partial charge on any atom is -0.379 e. The van der Waals surface area contributed by atoms with Crippen LogP contribution in [0.25, 0.3) is 0 Å². The van der Waals surface area contributed by atoms with Crippen LogP contribution in [0.3, 0.4) is 0 Å². The number of unbranched alkanes of at least 4 members (excludes halogenated alkanes) is 1. The summed E-state index contributed by atoms with van der Waals surface area (Å²) in [7, 11) is 0. The fourth-order valence-electron chi connectivity index (χ4n) is 2.11. The van der Waals surface area contributed by atoms with Gasteiger partial charge in [0.1, 0.15) is 0 Å². The summed E-state index contributed by atoms with van der Waals surface area (Å²) in [5, 5.41) is 0. The fourth-order valence-corrected chi connectivity index (χ4v) is 2.11. The van der Waals surface area contributed by atoms with Crippen molar-refractivity contribution in [2.45, 2.75) is 38.4 Å². The first-order valence-electron chi connectivity index (χ1n) is 7.94. The maximum atomic E-state index is 5.60. The Morgan fingerprint density at radius 1 is 1.13 bits per heavy atom. The van der Waals surface area contributed by atoms with Gasteiger partial charge in [-0.15, -0.1) is 5.56 Å². The topological polar surface area (TPSA) is 31.4 Å². The molecule has 23 heavy (non-hydrogen) atoms. The summed E-state index contributed by atoms with van der Waals surface area (Å²) >= 11 is 0. The molecule has 0 aliphatic carbocycles. The first-order chi connectivity index (χ1) is 10.9. The number of rotatable bonds is 7. The SMILES string of the molecule is [Ir].[c-]1ccc(COCCCCC2CCO2)cc1.c1ccncc1. The molecule has 1 unspecified atom stereocenters. The monoisotopic (exact) mass is 491 g/mol. The van der Waals surface area contributed by atoms with Crippen molar-refractivity contribution in [2.24, 2.45) is 0 Å². The summed E-state index contributed by atoms with van der Waals surface area (Å²) in [6, 6.07) is 16.6. The summed E-state index contributed by atoms with van der Waals surface area (Å²) in [5.74, 6) is 0. The van der Waals surface area contributed by atoms with Crippen molar-refractivity contribution in [3.8, 4) is 0 Å². The van der Waals surface area contributed by atoms with Crippen LogP contribution < -0.4 is 0 Å². The molecule has 1 aromatic carbocycles. The van der Waals surface area contributed by atoms with Gasteiger partial charge >= 0.3 is 0 Å². The third kappa shape index (κ3) is 9.62. The van der Waals surface area contributed by atoms with E-state index in [1.807, 2.05) is 42.5 Å². The molecule has 1 aliphatic heterocycles. The second kappa shape index (κ2) is 13.4. The Bertz CT molecular complexity index is 451. The average Bonchev–Trinajstić information content (AvgIpc) is 2.55. The average molecular weight is 491 g/mol. The Labute approximate surface area is 152 Å². The zero-order valence-electron chi connectivity index (χ0n) is 13.3. The summed E-state index contributed by atoms with van der Waals surface area (Å²) in [5.41, 5.74) is 1.22. The van der Waals surface area contributed by atoms with Crippen LogP contribution in [0.1, 0.15) is 31.2 Å². The van der Waals surface area contributed by atoms with Gasteiger partial charge in [0, 0.05) is 52.3 Å². The van der Waals surface area contributed by atoms with E-state index in [-0.39, 0.29) is 20.1 Å². The normalized spacial score (nSPS) is 15.6. The van der Waals surface area contributed by atoms with Crippen molar-refractivity contribution in [1.82, 2.24) is 4.98 Å². The van der Waals surface area contributed by atoms with Crippen molar-refractivity contribution >= 4 is 0 Å². The molecule has 1 fully saturated rings. The van der Waals surface area contributed by atoms with Crippen LogP contribution in [0, 0.1) is 6.07 Å². The molecule has 0 spiro atoms. The molecule has 0 saturated carbocycles. The van der Waals surface area contributed by atoms with Gasteiger partial charge in [-0.05, 0) is 37.8 Å². The molecule has 1 saturated heterocycles. The van der Waals surface area contributed by atoms with Gasteiger partial charge in [-0.2, -0.15) is 30.3 Å². The van der Waals surface area contributed by atoms with Crippen molar-refractivity contribution in [1.29, 1.82) is 0 Å². The van der Waals surface area contributed by atoms with E-state index in [0.29, 0.717) is 12.7 Å². The second-order valence-corrected chi connectivity index (χ2v) is 5.26. The maximum Gasteiger partial charge on any atom is 0.0597 e. The maximum absolute atomic E-state index is 5.60. The zero-order valence-corrected chi connectivity index (χ0v) is 15.7. The number of ether oxygens (including phenoxy) is 2. The summed E-state index contributed by atoms with van der Waals surface area (Å²) in [4.78, 5) is 3.78. The van der Waals surface area contributed by atoms with Gasteiger partial charge in [0.05, 0.1) is 6.10 Å². The molecule has 0 amide bonds. The largest absolute Gasteiger partial charge is 0.379 e. The van der Waals surface area contributed by atoms with Crippen LogP contribution in [0.2, 0.25) is 0 Å². The first kappa shape index (κ1) is 20.0. The Kier molecular flexibility index (Phi) is 11.6. The van der Waals surface area contributed by atoms with Gasteiger partial charge in [0.2, 0.25) is 0 Å². The van der Waals surface area contributed by atoms with E-state index < -0.39 is 0 Å². The van der Waals surface area contributed by atoms with E-state index in [1.54, 1.807) is 12.4 Å². The molecular weight excluding hydrogens is 466 g/mol. The predicted octanol–water partition coefficient (Wildman–Crippen LogP) is 4.04. The molecule has 2 aromatic rings. The summed E-state index contributed by atoms with van der Waals surface area (Å²) in [6.07, 6.45) is 8.85. The van der Waals surface area contributed by atoms with Gasteiger partial charge in [-0.25, -0.2) is 0 Å². The number of hydrogen-bond acceptors (Lipinski definition) is 3. The molecule has 1 aromatic heterocycles. The smallest absolute Gasteiger partial charge is 0.0597 e. The van der Waals surface area contributed by atoms with Gasteiger partial charge in [-0.1, -0.05) is 6.07 Å². The van der Waals surface area contributed by atoms with Crippen molar-refractivity contribution in [2.75, 3.05) is 13.2 Å². The zero-order chi connectivity index (χ0) is 15.3. The van der Waals surface area contributed by atoms with Gasteiger partial charge in [0.25, 0.3) is 0 Å². The van der Waals surface area contributed by atoms with E-state index in [4.69, 9.17) is 9.47 Å². The Morgan fingerprint density at radius 2 is 1.87 bits per heavy atom. The minimum absolute atomic E-state index is 0. The standard InChI is InChI=1S/C14H19O2.C5H5N.Ir/c1-2-6-13(7-3-1)12-15-10-5-4-8-14-9-11-16-14;1-2-4-6-5-3-1;/h2-3,6-7,14H,4-5,8-12H2;1-5H;/q-1;;. The minimum atomic E-state index is 0. The van der Waals surface area contributed by atoms with Crippen molar-refractivity contribution < 1.29 is 29.6 Å². The Hall–Kier alpha value is -1.06. The quantitative estimate of drug-likeness (QED) is 0.434. The molecule has 127 valence electrons. The Balaban J connectivity index is 0.000000320. The molecule has 1 radical (unpaired) electrons. The molecular formula is C19H24IrNO2-. The molecule has 1 atom stereocenters. The van der Waals surface area contributed by atoms with Gasteiger partial charge in [-0.3, -0.25) is 4.98 Å². The summed E-state index contributed by atoms with van der Waals surface area (Å²) < 4.78 is 11.0. The van der Waals surface area contributed by atoms with Crippen LogP contribution in [-0.4, -0.2) is 24.3 Å². The molecule has 0 N–H and O–H groups in total. The number of aromatic nitrogens is 1. The predicted molar refractivity (Wildman–Crippen MR) is 87.4 cm³/mol. The molecule has 3 nitrogen and oxygen atoms in total. The molecule has 0 bridgehead atoms. The van der Waals surface area contributed by atoms with Crippen molar-refractivity contribution in [3.05, 3.63) is 66.5 Å². The third-order valence-electron chi connectivity index (χ3n) is 3.48. The van der Waals surface area contributed by atoms with Crippen LogP contribution in [0.5, 0.6) is 0 Å². The van der Waals surface area contributed by atoms with Crippen LogP contribution >= 0.6 is 0 Å². The Morgan fingerprint density at radius 3 is 2.39 bits per heavy atom. The van der Waals surface area contributed by atoms with Gasteiger partial charge < -0.3 is 9.47 Å². The molecule has 3 rings (SSSR count). The second-order valence-electron chi connectivity index (χ2n) is 5.26. The van der Waals surface area contributed by atoms with Crippen LogP contribution in [0.4, 0.5) is 0 Å². The third-order valence-corrected chi connectivity index (χ3v) is 3.48. The molecule has 2 heterocycles. The van der Waals surface area contributed by atoms with E-state index >= 15 is 0 Å². The number of nitrogens with zero attached hydrogens (tertiary/aromatic N) is 1. The van der Waals surface area contributed by atoms with E-state index in [9.17, 15) is 0 Å². The van der Waals surface area contributed by atoms with Crippen LogP contribution in [0.15, 0.2) is 54.9 Å². The molecule has 1 aliphatic rings. The summed E-state index contributed by atoms with van der Waals surface area (Å²) in [6.45, 7) is 2.53. The first-order valence-corrected chi connectivity index (χ1v) is 7.94. The van der Waals surface area contributed by atoms with Crippen LogP contribution in [-0.2, 0) is 36.2 Å². The number of pyridine rings is 1. The van der Waals surface area contributed by atoms with Crippen molar-refractivity contribution in [3.63, 3.8) is 0 Å². The van der Waals surface area contributed by atoms with Gasteiger partial charge in [0.15, 0.2) is 0 Å².